The molecular formula is C16H21N3O2S. The van der Waals surface area contributed by atoms with Gasteiger partial charge in [0.05, 0.1) is 17.9 Å². The van der Waals surface area contributed by atoms with Crippen LogP contribution in [0.3, 0.4) is 0 Å². The Morgan fingerprint density at radius 2 is 2.05 bits per heavy atom. The lowest BCUT2D eigenvalue weighted by molar-refractivity contribution is 0.241. The number of nitrogens with one attached hydrogen (secondary N) is 1. The van der Waals surface area contributed by atoms with Gasteiger partial charge < -0.3 is 0 Å². The number of H-pyrrole nitrogens is 1. The van der Waals surface area contributed by atoms with Gasteiger partial charge in [-0.3, -0.25) is 10.00 Å². The first-order chi connectivity index (χ1) is 10.4. The van der Waals surface area contributed by atoms with Crippen LogP contribution in [0.2, 0.25) is 0 Å². The van der Waals surface area contributed by atoms with E-state index >= 15 is 0 Å². The molecule has 2 aromatic rings. The molecule has 1 aromatic carbocycles. The molecule has 1 saturated heterocycles. The van der Waals surface area contributed by atoms with Crippen molar-refractivity contribution < 1.29 is 8.42 Å². The lowest BCUT2D eigenvalue weighted by Crippen LogP contribution is -2.24. The number of hydrogen-bond donors (Lipinski definition) is 1. The molecule has 1 aromatic heterocycles. The fraction of sp³-hybridized carbons (Fsp3) is 0.438. The zero-order chi connectivity index (χ0) is 15.7. The highest BCUT2D eigenvalue weighted by atomic mass is 32.2. The van der Waals surface area contributed by atoms with Gasteiger partial charge in [-0.05, 0) is 31.9 Å². The van der Waals surface area contributed by atoms with Crippen LogP contribution in [0, 0.1) is 6.92 Å². The summed E-state index contributed by atoms with van der Waals surface area (Å²) in [5, 5.41) is 6.86. The predicted molar refractivity (Wildman–Crippen MR) is 85.3 cm³/mol. The normalized spacial score (nSPS) is 19.6. The summed E-state index contributed by atoms with van der Waals surface area (Å²) in [6, 6.07) is 8.58. The van der Waals surface area contributed by atoms with Gasteiger partial charge in [0.25, 0.3) is 0 Å². The molecule has 0 amide bonds. The third-order valence-electron chi connectivity index (χ3n) is 4.23. The summed E-state index contributed by atoms with van der Waals surface area (Å²) in [7, 11) is -3.25. The monoisotopic (exact) mass is 319 g/mol. The Morgan fingerprint density at radius 1 is 1.32 bits per heavy atom. The first-order valence-electron chi connectivity index (χ1n) is 7.48. The van der Waals surface area contributed by atoms with Crippen LogP contribution in [0.5, 0.6) is 0 Å². The predicted octanol–water partition coefficient (Wildman–Crippen LogP) is 2.46. The van der Waals surface area contributed by atoms with Gasteiger partial charge in [-0.25, -0.2) is 8.42 Å². The number of aryl methyl sites for hydroxylation is 1. The molecule has 3 rings (SSSR count). The zero-order valence-corrected chi connectivity index (χ0v) is 13.7. The Balaban J connectivity index is 1.85. The third-order valence-corrected chi connectivity index (χ3v) is 5.36. The molecule has 0 spiro atoms. The SMILES string of the molecule is Cc1ccc(CN2CCCC2c2[nH]ncc2S(C)(=O)=O)cc1. The van der Waals surface area contributed by atoms with Crippen molar-refractivity contribution in [2.75, 3.05) is 12.8 Å². The van der Waals surface area contributed by atoms with Crippen LogP contribution in [0.4, 0.5) is 0 Å². The first-order valence-corrected chi connectivity index (χ1v) is 9.37. The molecule has 118 valence electrons. The molecule has 0 radical (unpaired) electrons. The molecule has 6 heteroatoms. The molecule has 1 fully saturated rings. The second kappa shape index (κ2) is 5.85. The van der Waals surface area contributed by atoms with Gasteiger partial charge in [0.2, 0.25) is 0 Å². The highest BCUT2D eigenvalue weighted by Gasteiger charge is 2.31. The summed E-state index contributed by atoms with van der Waals surface area (Å²) >= 11 is 0. The summed E-state index contributed by atoms with van der Waals surface area (Å²) < 4.78 is 23.8. The van der Waals surface area contributed by atoms with E-state index in [9.17, 15) is 8.42 Å². The lowest BCUT2D eigenvalue weighted by atomic mass is 10.1. The van der Waals surface area contributed by atoms with E-state index in [1.54, 1.807) is 0 Å². The highest BCUT2D eigenvalue weighted by molar-refractivity contribution is 7.90. The Bertz CT molecular complexity index is 750. The van der Waals surface area contributed by atoms with Crippen molar-refractivity contribution in [3.05, 3.63) is 47.3 Å². The van der Waals surface area contributed by atoms with Crippen molar-refractivity contribution in [1.82, 2.24) is 15.1 Å². The van der Waals surface area contributed by atoms with E-state index in [4.69, 9.17) is 0 Å². The van der Waals surface area contributed by atoms with Crippen LogP contribution in [0.1, 0.15) is 35.7 Å². The summed E-state index contributed by atoms with van der Waals surface area (Å²) in [5.41, 5.74) is 3.22. The number of benzene rings is 1. The maximum Gasteiger partial charge on any atom is 0.178 e. The number of aromatic nitrogens is 2. The quantitative estimate of drug-likeness (QED) is 0.940. The minimum atomic E-state index is -3.25. The van der Waals surface area contributed by atoms with Gasteiger partial charge in [0, 0.05) is 12.8 Å². The lowest BCUT2D eigenvalue weighted by Gasteiger charge is -2.24. The average molecular weight is 319 g/mol. The molecule has 1 atom stereocenters. The third kappa shape index (κ3) is 3.08. The number of likely N-dealkylation sites (tertiary alicyclic amines) is 1. The molecule has 1 N–H and O–H groups in total. The van der Waals surface area contributed by atoms with Gasteiger partial charge in [-0.15, -0.1) is 0 Å². The molecule has 22 heavy (non-hydrogen) atoms. The average Bonchev–Trinajstić information content (AvgIpc) is 3.08. The van der Waals surface area contributed by atoms with Gasteiger partial charge in [0.15, 0.2) is 9.84 Å². The first kappa shape index (κ1) is 15.2. The van der Waals surface area contributed by atoms with Crippen molar-refractivity contribution in [1.29, 1.82) is 0 Å². The molecular weight excluding hydrogens is 298 g/mol. The van der Waals surface area contributed by atoms with Gasteiger partial charge in [-0.1, -0.05) is 29.8 Å². The topological polar surface area (TPSA) is 66.1 Å². The summed E-state index contributed by atoms with van der Waals surface area (Å²) in [6.07, 6.45) is 4.68. The maximum absolute atomic E-state index is 11.9. The molecule has 5 nitrogen and oxygen atoms in total. The minimum absolute atomic E-state index is 0.0912. The molecule has 1 aliphatic rings. The van der Waals surface area contributed by atoms with E-state index in [0.717, 1.165) is 31.6 Å². The van der Waals surface area contributed by atoms with E-state index in [0.29, 0.717) is 4.90 Å². The van der Waals surface area contributed by atoms with Crippen LogP contribution in [0.25, 0.3) is 0 Å². The highest BCUT2D eigenvalue weighted by Crippen LogP contribution is 2.35. The maximum atomic E-state index is 11.9. The van der Waals surface area contributed by atoms with Crippen LogP contribution in [0.15, 0.2) is 35.4 Å². The standard InChI is InChI=1S/C16H21N3O2S/c1-12-5-7-13(8-6-12)11-19-9-3-4-14(19)16-15(10-17-18-16)22(2,20)21/h5-8,10,14H,3-4,9,11H2,1-2H3,(H,17,18). The summed E-state index contributed by atoms with van der Waals surface area (Å²) in [4.78, 5) is 2.65. The number of rotatable bonds is 4. The van der Waals surface area contributed by atoms with E-state index in [2.05, 4.69) is 46.3 Å². The summed E-state index contributed by atoms with van der Waals surface area (Å²) in [5.74, 6) is 0. The minimum Gasteiger partial charge on any atom is -0.290 e. The molecule has 0 bridgehead atoms. The van der Waals surface area contributed by atoms with Crippen molar-refractivity contribution in [2.24, 2.45) is 0 Å². The molecule has 2 heterocycles. The fourth-order valence-electron chi connectivity index (χ4n) is 3.09. The second-order valence-electron chi connectivity index (χ2n) is 6.03. The Kier molecular flexibility index (Phi) is 4.06. The zero-order valence-electron chi connectivity index (χ0n) is 12.9. The van der Waals surface area contributed by atoms with Crippen LogP contribution in [-0.2, 0) is 16.4 Å². The Hall–Kier alpha value is -1.66. The van der Waals surface area contributed by atoms with E-state index in [-0.39, 0.29) is 6.04 Å². The van der Waals surface area contributed by atoms with Gasteiger partial charge >= 0.3 is 0 Å². The van der Waals surface area contributed by atoms with Crippen molar-refractivity contribution in [3.8, 4) is 0 Å². The molecule has 1 unspecified atom stereocenters. The second-order valence-corrected chi connectivity index (χ2v) is 8.02. The van der Waals surface area contributed by atoms with E-state index in [1.165, 1.54) is 23.6 Å². The number of sulfone groups is 1. The van der Waals surface area contributed by atoms with Crippen LogP contribution in [-0.4, -0.2) is 36.3 Å². The molecule has 0 aliphatic carbocycles. The van der Waals surface area contributed by atoms with Crippen LogP contribution >= 0.6 is 0 Å². The van der Waals surface area contributed by atoms with Crippen LogP contribution < -0.4 is 0 Å². The van der Waals surface area contributed by atoms with Gasteiger partial charge in [0.1, 0.15) is 4.90 Å². The number of aromatic amines is 1. The fourth-order valence-corrected chi connectivity index (χ4v) is 3.91. The molecule has 0 saturated carbocycles. The van der Waals surface area contributed by atoms with Crippen molar-refractivity contribution in [2.45, 2.75) is 37.2 Å². The largest absolute Gasteiger partial charge is 0.290 e. The smallest absolute Gasteiger partial charge is 0.178 e. The van der Waals surface area contributed by atoms with E-state index < -0.39 is 9.84 Å². The Morgan fingerprint density at radius 3 is 2.73 bits per heavy atom. The Labute approximate surface area is 131 Å². The van der Waals surface area contributed by atoms with Crippen molar-refractivity contribution >= 4 is 9.84 Å². The summed E-state index contributed by atoms with van der Waals surface area (Å²) in [6.45, 7) is 3.87. The molecule has 1 aliphatic heterocycles. The van der Waals surface area contributed by atoms with Gasteiger partial charge in [-0.2, -0.15) is 5.10 Å². The number of nitrogens with zero attached hydrogens (tertiary/aromatic N) is 2. The van der Waals surface area contributed by atoms with Crippen molar-refractivity contribution in [3.63, 3.8) is 0 Å². The number of hydrogen-bond acceptors (Lipinski definition) is 4. The van der Waals surface area contributed by atoms with E-state index in [1.807, 2.05) is 0 Å².